The van der Waals surface area contributed by atoms with Crippen LogP contribution in [0.25, 0.3) is 0 Å². The minimum absolute atomic E-state index is 0.164. The van der Waals surface area contributed by atoms with Crippen molar-refractivity contribution in [3.8, 4) is 5.75 Å². The molecule has 0 N–H and O–H groups in total. The van der Waals surface area contributed by atoms with Crippen molar-refractivity contribution in [1.29, 1.82) is 0 Å². The van der Waals surface area contributed by atoms with Crippen LogP contribution in [0.5, 0.6) is 5.75 Å². The Kier molecular flexibility index (Phi) is 7.27. The van der Waals surface area contributed by atoms with Gasteiger partial charge < -0.3 is 19.1 Å². The summed E-state index contributed by atoms with van der Waals surface area (Å²) in [6, 6.07) is 8.08. The number of ether oxygens (including phenoxy) is 3. The standard InChI is InChI=1S/C24H35NO5/c1-24(2,3)30-23(27)25-12-6-7-17(15-25)16-29-20-9-5-8-19(13-20)21(18-10-11-18)14-22(26)28-4/h5,8-9,13,17-18,21H,6-7,10-12,14-16H2,1-4H3/t17?,21-/m0/s1. The number of hydrogen-bond acceptors (Lipinski definition) is 5. The first-order chi connectivity index (χ1) is 14.2. The summed E-state index contributed by atoms with van der Waals surface area (Å²) in [6.07, 6.45) is 4.48. The highest BCUT2D eigenvalue weighted by molar-refractivity contribution is 5.70. The molecule has 2 fully saturated rings. The predicted octanol–water partition coefficient (Wildman–Crippen LogP) is 4.77. The van der Waals surface area contributed by atoms with E-state index in [2.05, 4.69) is 12.1 Å². The molecule has 1 heterocycles. The van der Waals surface area contributed by atoms with Crippen LogP contribution in [-0.2, 0) is 14.3 Å². The molecule has 1 aromatic carbocycles. The van der Waals surface area contributed by atoms with Gasteiger partial charge in [-0.25, -0.2) is 4.79 Å². The van der Waals surface area contributed by atoms with E-state index < -0.39 is 5.60 Å². The Labute approximate surface area is 179 Å². The summed E-state index contributed by atoms with van der Waals surface area (Å²) >= 11 is 0. The maximum atomic E-state index is 12.4. The topological polar surface area (TPSA) is 65.1 Å². The van der Waals surface area contributed by atoms with Gasteiger partial charge >= 0.3 is 12.1 Å². The molecular weight excluding hydrogens is 382 g/mol. The van der Waals surface area contributed by atoms with Gasteiger partial charge in [-0.15, -0.1) is 0 Å². The Morgan fingerprint density at radius 2 is 1.97 bits per heavy atom. The quantitative estimate of drug-likeness (QED) is 0.598. The minimum atomic E-state index is -0.483. The summed E-state index contributed by atoms with van der Waals surface area (Å²) in [5.41, 5.74) is 0.655. The second-order valence-electron chi connectivity index (χ2n) is 9.54. The van der Waals surface area contributed by atoms with E-state index >= 15 is 0 Å². The van der Waals surface area contributed by atoms with Gasteiger partial charge in [0.1, 0.15) is 11.4 Å². The fourth-order valence-corrected chi connectivity index (χ4v) is 4.06. The molecule has 1 aromatic rings. The zero-order valence-electron chi connectivity index (χ0n) is 18.7. The lowest BCUT2D eigenvalue weighted by Gasteiger charge is -2.34. The summed E-state index contributed by atoms with van der Waals surface area (Å²) in [5.74, 6) is 1.68. The van der Waals surface area contributed by atoms with Gasteiger partial charge in [0.05, 0.1) is 20.1 Å². The minimum Gasteiger partial charge on any atom is -0.493 e. The van der Waals surface area contributed by atoms with Crippen LogP contribution in [0.3, 0.4) is 0 Å². The monoisotopic (exact) mass is 417 g/mol. The fourth-order valence-electron chi connectivity index (χ4n) is 4.06. The maximum absolute atomic E-state index is 12.4. The van der Waals surface area contributed by atoms with E-state index in [4.69, 9.17) is 14.2 Å². The third-order valence-corrected chi connectivity index (χ3v) is 5.75. The van der Waals surface area contributed by atoms with Crippen molar-refractivity contribution in [3.63, 3.8) is 0 Å². The molecule has 30 heavy (non-hydrogen) atoms. The third-order valence-electron chi connectivity index (χ3n) is 5.75. The molecule has 1 saturated heterocycles. The van der Waals surface area contributed by atoms with E-state index in [1.165, 1.54) is 7.11 Å². The van der Waals surface area contributed by atoms with E-state index in [1.54, 1.807) is 4.90 Å². The molecule has 1 aliphatic carbocycles. The number of carbonyl (C=O) groups is 2. The number of rotatable bonds is 7. The fraction of sp³-hybridized carbons (Fsp3) is 0.667. The van der Waals surface area contributed by atoms with Crippen LogP contribution >= 0.6 is 0 Å². The molecule has 0 radical (unpaired) electrons. The van der Waals surface area contributed by atoms with Crippen molar-refractivity contribution in [2.45, 2.75) is 64.4 Å². The Hall–Kier alpha value is -2.24. The third kappa shape index (κ3) is 6.64. The average molecular weight is 418 g/mol. The van der Waals surface area contributed by atoms with Gasteiger partial charge in [-0.3, -0.25) is 4.79 Å². The molecule has 2 aliphatic rings. The van der Waals surface area contributed by atoms with Crippen LogP contribution < -0.4 is 4.74 Å². The molecule has 0 bridgehead atoms. The van der Waals surface area contributed by atoms with Crippen molar-refractivity contribution in [1.82, 2.24) is 4.90 Å². The largest absolute Gasteiger partial charge is 0.493 e. The highest BCUT2D eigenvalue weighted by Crippen LogP contribution is 2.45. The molecule has 0 aromatic heterocycles. The molecule has 1 amide bonds. The molecular formula is C24H35NO5. The van der Waals surface area contributed by atoms with Gasteiger partial charge in [0.15, 0.2) is 0 Å². The van der Waals surface area contributed by atoms with E-state index in [0.29, 0.717) is 25.5 Å². The van der Waals surface area contributed by atoms with Crippen LogP contribution in [0.1, 0.15) is 64.4 Å². The van der Waals surface area contributed by atoms with Crippen molar-refractivity contribution < 1.29 is 23.8 Å². The van der Waals surface area contributed by atoms with Crippen LogP contribution in [0.4, 0.5) is 4.79 Å². The summed E-state index contributed by atoms with van der Waals surface area (Å²) in [5, 5.41) is 0. The number of methoxy groups -OCH3 is 1. The Balaban J connectivity index is 1.56. The van der Waals surface area contributed by atoms with Gasteiger partial charge in [-0.1, -0.05) is 12.1 Å². The second kappa shape index (κ2) is 9.71. The zero-order valence-corrected chi connectivity index (χ0v) is 18.7. The first-order valence-electron chi connectivity index (χ1n) is 11.0. The lowest BCUT2D eigenvalue weighted by atomic mass is 9.91. The molecule has 6 nitrogen and oxygen atoms in total. The van der Waals surface area contributed by atoms with E-state index in [1.807, 2.05) is 32.9 Å². The summed E-state index contributed by atoms with van der Waals surface area (Å²) < 4.78 is 16.5. The van der Waals surface area contributed by atoms with E-state index in [9.17, 15) is 9.59 Å². The molecule has 166 valence electrons. The van der Waals surface area contributed by atoms with Crippen molar-refractivity contribution in [2.24, 2.45) is 11.8 Å². The Morgan fingerprint density at radius 1 is 1.20 bits per heavy atom. The number of nitrogens with zero attached hydrogens (tertiary/aromatic N) is 1. The van der Waals surface area contributed by atoms with Crippen molar-refractivity contribution in [3.05, 3.63) is 29.8 Å². The zero-order chi connectivity index (χ0) is 21.7. The van der Waals surface area contributed by atoms with Crippen LogP contribution in [-0.4, -0.2) is 49.4 Å². The molecule has 1 saturated carbocycles. The van der Waals surface area contributed by atoms with Crippen LogP contribution in [0.2, 0.25) is 0 Å². The summed E-state index contributed by atoms with van der Waals surface area (Å²) in [7, 11) is 1.44. The van der Waals surface area contributed by atoms with Crippen LogP contribution in [0, 0.1) is 11.8 Å². The molecule has 6 heteroatoms. The predicted molar refractivity (Wildman–Crippen MR) is 115 cm³/mol. The first kappa shape index (κ1) is 22.4. The number of piperidine rings is 1. The number of likely N-dealkylation sites (tertiary alicyclic amines) is 1. The maximum Gasteiger partial charge on any atom is 0.410 e. The number of carbonyl (C=O) groups excluding carboxylic acids is 2. The second-order valence-corrected chi connectivity index (χ2v) is 9.54. The molecule has 1 aliphatic heterocycles. The highest BCUT2D eigenvalue weighted by atomic mass is 16.6. The SMILES string of the molecule is COC(=O)C[C@H](c1cccc(OCC2CCCN(C(=O)OC(C)(C)C)C2)c1)C1CC1. The van der Waals surface area contributed by atoms with Gasteiger partial charge in [0.25, 0.3) is 0 Å². The summed E-state index contributed by atoms with van der Waals surface area (Å²) in [4.78, 5) is 26.0. The first-order valence-corrected chi connectivity index (χ1v) is 11.0. The Morgan fingerprint density at radius 3 is 2.63 bits per heavy atom. The number of hydrogen-bond donors (Lipinski definition) is 0. The highest BCUT2D eigenvalue weighted by Gasteiger charge is 2.34. The molecule has 3 rings (SSSR count). The van der Waals surface area contributed by atoms with Crippen molar-refractivity contribution in [2.75, 3.05) is 26.8 Å². The lowest BCUT2D eigenvalue weighted by Crippen LogP contribution is -2.44. The number of benzene rings is 1. The average Bonchev–Trinajstić information content (AvgIpc) is 3.54. The normalized spacial score (nSPS) is 20.4. The van der Waals surface area contributed by atoms with Gasteiger partial charge in [0.2, 0.25) is 0 Å². The molecule has 2 atom stereocenters. The Bertz CT molecular complexity index is 737. The van der Waals surface area contributed by atoms with Crippen molar-refractivity contribution >= 4 is 12.1 Å². The lowest BCUT2D eigenvalue weighted by molar-refractivity contribution is -0.141. The van der Waals surface area contributed by atoms with Gasteiger partial charge in [0, 0.05) is 19.0 Å². The number of esters is 1. The van der Waals surface area contributed by atoms with Crippen LogP contribution in [0.15, 0.2) is 24.3 Å². The summed E-state index contributed by atoms with van der Waals surface area (Å²) in [6.45, 7) is 7.61. The van der Waals surface area contributed by atoms with Gasteiger partial charge in [-0.2, -0.15) is 0 Å². The molecule has 0 spiro atoms. The molecule has 1 unspecified atom stereocenters. The van der Waals surface area contributed by atoms with E-state index in [0.717, 1.165) is 43.5 Å². The van der Waals surface area contributed by atoms with E-state index in [-0.39, 0.29) is 23.9 Å². The smallest absolute Gasteiger partial charge is 0.410 e. The number of amides is 1. The van der Waals surface area contributed by atoms with Gasteiger partial charge in [-0.05, 0) is 76.0 Å².